The number of anilines is 1. The van der Waals surface area contributed by atoms with Gasteiger partial charge in [0, 0.05) is 25.0 Å². The molecule has 0 bridgehead atoms. The molecule has 0 saturated heterocycles. The van der Waals surface area contributed by atoms with Gasteiger partial charge in [-0.2, -0.15) is 10.2 Å². The van der Waals surface area contributed by atoms with Gasteiger partial charge >= 0.3 is 0 Å². The molecule has 9 nitrogen and oxygen atoms in total. The monoisotopic (exact) mass is 404 g/mol. The maximum atomic E-state index is 12.8. The molecule has 3 heterocycles. The fourth-order valence-electron chi connectivity index (χ4n) is 3.05. The normalized spacial score (nSPS) is 10.7. The summed E-state index contributed by atoms with van der Waals surface area (Å²) in [4.78, 5) is 25.4. The summed E-state index contributed by atoms with van der Waals surface area (Å²) in [6, 6.07) is 12.6. The number of hydrogen-bond donors (Lipinski definition) is 2. The van der Waals surface area contributed by atoms with Crippen LogP contribution in [0.3, 0.4) is 0 Å². The molecule has 2 amide bonds. The number of nitrogens with zero attached hydrogens (tertiary/aromatic N) is 4. The quantitative estimate of drug-likeness (QED) is 0.492. The maximum absolute atomic E-state index is 12.8. The summed E-state index contributed by atoms with van der Waals surface area (Å²) in [7, 11) is 1.64. The van der Waals surface area contributed by atoms with Gasteiger partial charge in [0.1, 0.15) is 11.5 Å². The van der Waals surface area contributed by atoms with Crippen LogP contribution >= 0.6 is 0 Å². The van der Waals surface area contributed by atoms with Gasteiger partial charge in [0.05, 0.1) is 31.2 Å². The lowest BCUT2D eigenvalue weighted by molar-refractivity contribution is 0.0939. The van der Waals surface area contributed by atoms with Gasteiger partial charge < -0.3 is 15.1 Å². The first kappa shape index (κ1) is 19.2. The second-order valence-corrected chi connectivity index (χ2v) is 6.65. The second-order valence-electron chi connectivity index (χ2n) is 6.65. The van der Waals surface area contributed by atoms with Gasteiger partial charge in [-0.1, -0.05) is 12.1 Å². The number of nitrogens with one attached hydrogen (secondary N) is 2. The summed E-state index contributed by atoms with van der Waals surface area (Å²) >= 11 is 0. The molecule has 0 atom stereocenters. The largest absolute Gasteiger partial charge is 0.467 e. The molecule has 9 heteroatoms. The van der Waals surface area contributed by atoms with E-state index in [1.807, 2.05) is 24.4 Å². The van der Waals surface area contributed by atoms with E-state index >= 15 is 0 Å². The average Bonchev–Trinajstić information content (AvgIpc) is 3.50. The van der Waals surface area contributed by atoms with Gasteiger partial charge in [-0.3, -0.25) is 19.0 Å². The van der Waals surface area contributed by atoms with E-state index in [1.54, 1.807) is 42.2 Å². The Balaban J connectivity index is 1.46. The van der Waals surface area contributed by atoms with Gasteiger partial charge in [-0.25, -0.2) is 0 Å². The predicted octanol–water partition coefficient (Wildman–Crippen LogP) is 2.44. The first-order valence-corrected chi connectivity index (χ1v) is 9.30. The van der Waals surface area contributed by atoms with Crippen LogP contribution in [0.5, 0.6) is 0 Å². The first-order valence-electron chi connectivity index (χ1n) is 9.30. The Labute approximate surface area is 172 Å². The van der Waals surface area contributed by atoms with Crippen LogP contribution in [-0.4, -0.2) is 31.4 Å². The van der Waals surface area contributed by atoms with E-state index in [0.717, 1.165) is 5.56 Å². The number of carbonyl (C=O) groups excluding carboxylic acids is 2. The molecule has 0 spiro atoms. The molecule has 0 radical (unpaired) electrons. The topological polar surface area (TPSA) is 107 Å². The molecule has 3 aromatic heterocycles. The second kappa shape index (κ2) is 8.48. The van der Waals surface area contributed by atoms with Gasteiger partial charge in [0.2, 0.25) is 0 Å². The van der Waals surface area contributed by atoms with Crippen molar-refractivity contribution in [1.29, 1.82) is 0 Å². The number of aryl methyl sites for hydroxylation is 1. The van der Waals surface area contributed by atoms with Crippen molar-refractivity contribution in [2.24, 2.45) is 7.05 Å². The molecule has 0 saturated carbocycles. The van der Waals surface area contributed by atoms with Crippen LogP contribution in [0.15, 0.2) is 71.7 Å². The summed E-state index contributed by atoms with van der Waals surface area (Å²) < 4.78 is 8.41. The highest BCUT2D eigenvalue weighted by molar-refractivity contribution is 6.08. The third-order valence-corrected chi connectivity index (χ3v) is 4.50. The lowest BCUT2D eigenvalue weighted by Gasteiger charge is -2.09. The molecule has 4 rings (SSSR count). The van der Waals surface area contributed by atoms with E-state index < -0.39 is 0 Å². The predicted molar refractivity (Wildman–Crippen MR) is 109 cm³/mol. The Kier molecular flexibility index (Phi) is 5.42. The summed E-state index contributed by atoms with van der Waals surface area (Å²) in [5, 5.41) is 13.8. The van der Waals surface area contributed by atoms with Crippen molar-refractivity contribution in [1.82, 2.24) is 24.9 Å². The third-order valence-electron chi connectivity index (χ3n) is 4.50. The Bertz CT molecular complexity index is 1150. The lowest BCUT2D eigenvalue weighted by atomic mass is 10.1. The molecule has 2 N–H and O–H groups in total. The van der Waals surface area contributed by atoms with Gasteiger partial charge in [-0.05, 0) is 35.9 Å². The highest BCUT2D eigenvalue weighted by atomic mass is 16.3. The Morgan fingerprint density at radius 1 is 1.10 bits per heavy atom. The van der Waals surface area contributed by atoms with E-state index in [-0.39, 0.29) is 24.1 Å². The van der Waals surface area contributed by atoms with Crippen molar-refractivity contribution in [3.05, 3.63) is 89.9 Å². The minimum atomic E-state index is -0.367. The zero-order valence-corrected chi connectivity index (χ0v) is 16.3. The lowest BCUT2D eigenvalue weighted by Crippen LogP contribution is -2.26. The minimum absolute atomic E-state index is 0.236. The highest BCUT2D eigenvalue weighted by Crippen LogP contribution is 2.17. The molecule has 4 aromatic rings. The fourth-order valence-corrected chi connectivity index (χ4v) is 3.05. The van der Waals surface area contributed by atoms with Crippen LogP contribution in [-0.2, 0) is 20.1 Å². The smallest absolute Gasteiger partial charge is 0.272 e. The number of rotatable bonds is 7. The van der Waals surface area contributed by atoms with Crippen LogP contribution in [0.2, 0.25) is 0 Å². The van der Waals surface area contributed by atoms with Crippen molar-refractivity contribution in [2.45, 2.75) is 13.1 Å². The van der Waals surface area contributed by atoms with E-state index in [0.29, 0.717) is 23.6 Å². The molecule has 0 unspecified atom stereocenters. The molecule has 30 heavy (non-hydrogen) atoms. The van der Waals surface area contributed by atoms with Crippen molar-refractivity contribution >= 4 is 17.5 Å². The van der Waals surface area contributed by atoms with E-state index in [4.69, 9.17) is 4.42 Å². The number of amides is 2. The van der Waals surface area contributed by atoms with Crippen LogP contribution in [0.1, 0.15) is 32.2 Å². The number of furan rings is 1. The zero-order chi connectivity index (χ0) is 20.9. The van der Waals surface area contributed by atoms with Gasteiger partial charge in [0.25, 0.3) is 11.8 Å². The maximum Gasteiger partial charge on any atom is 0.272 e. The molecule has 0 aliphatic heterocycles. The molecule has 1 aromatic carbocycles. The molecule has 152 valence electrons. The van der Waals surface area contributed by atoms with E-state index in [2.05, 4.69) is 20.8 Å². The number of aromatic nitrogens is 4. The summed E-state index contributed by atoms with van der Waals surface area (Å²) in [6.45, 7) is 0.793. The molecular formula is C21H20N6O3. The molecular weight excluding hydrogens is 384 g/mol. The van der Waals surface area contributed by atoms with Gasteiger partial charge in [0.15, 0.2) is 0 Å². The van der Waals surface area contributed by atoms with Crippen molar-refractivity contribution in [3.63, 3.8) is 0 Å². The van der Waals surface area contributed by atoms with Crippen LogP contribution in [0.25, 0.3) is 0 Å². The number of benzene rings is 1. The summed E-state index contributed by atoms with van der Waals surface area (Å²) in [6.07, 6.45) is 6.55. The summed E-state index contributed by atoms with van der Waals surface area (Å²) in [5.41, 5.74) is 2.00. The van der Waals surface area contributed by atoms with Crippen LogP contribution in [0, 0.1) is 0 Å². The number of hydrogen-bond acceptors (Lipinski definition) is 5. The van der Waals surface area contributed by atoms with Crippen molar-refractivity contribution < 1.29 is 14.0 Å². The highest BCUT2D eigenvalue weighted by Gasteiger charge is 2.19. The van der Waals surface area contributed by atoms with Crippen LogP contribution < -0.4 is 10.6 Å². The van der Waals surface area contributed by atoms with Crippen molar-refractivity contribution in [2.75, 3.05) is 5.32 Å². The summed E-state index contributed by atoms with van der Waals surface area (Å²) in [5.74, 6) is -0.0652. The van der Waals surface area contributed by atoms with Crippen LogP contribution in [0.4, 0.5) is 5.69 Å². The molecule has 0 aliphatic carbocycles. The van der Waals surface area contributed by atoms with E-state index in [9.17, 15) is 9.59 Å². The number of carbonyl (C=O) groups is 2. The standard InChI is InChI=1S/C21H20N6O3/c1-26-19(21(29)22-12-17-7-3-10-30-17)18(13-24-26)25-20(28)16-6-2-5-15(11-16)14-27-9-4-8-23-27/h2-11,13H,12,14H2,1H3,(H,22,29)(H,25,28). The SMILES string of the molecule is Cn1ncc(NC(=O)c2cccc(Cn3cccn3)c2)c1C(=O)NCc1ccco1. The van der Waals surface area contributed by atoms with Gasteiger partial charge in [-0.15, -0.1) is 0 Å². The Morgan fingerprint density at radius 3 is 2.77 bits per heavy atom. The zero-order valence-electron chi connectivity index (χ0n) is 16.3. The average molecular weight is 404 g/mol. The molecule has 0 fully saturated rings. The van der Waals surface area contributed by atoms with Crippen molar-refractivity contribution in [3.8, 4) is 0 Å². The first-order chi connectivity index (χ1) is 14.6. The molecule has 0 aliphatic rings. The third kappa shape index (κ3) is 4.30. The minimum Gasteiger partial charge on any atom is -0.467 e. The Hall–Kier alpha value is -4.14. The van der Waals surface area contributed by atoms with E-state index in [1.165, 1.54) is 17.1 Å². The fraction of sp³-hybridized carbons (Fsp3) is 0.143. The Morgan fingerprint density at radius 2 is 2.00 bits per heavy atom.